The van der Waals surface area contributed by atoms with Gasteiger partial charge in [-0.3, -0.25) is 0 Å². The molecular weight excluding hydrogens is 310 g/mol. The fraction of sp³-hybridized carbons (Fsp3) is 0.214. The molecule has 100 valence electrons. The first-order valence-corrected chi connectivity index (χ1v) is 6.55. The number of ether oxygens (including phenoxy) is 2. The maximum Gasteiger partial charge on any atom is 0.225 e. The highest BCUT2D eigenvalue weighted by Gasteiger charge is 2.12. The van der Waals surface area contributed by atoms with Gasteiger partial charge in [-0.15, -0.1) is 0 Å². The number of nitrogens with zero attached hydrogens (tertiary/aromatic N) is 1. The Morgan fingerprint density at radius 1 is 1.32 bits per heavy atom. The fourth-order valence-corrected chi connectivity index (χ4v) is 2.04. The molecule has 1 aromatic carbocycles. The highest BCUT2D eigenvalue weighted by Crippen LogP contribution is 2.34. The predicted octanol–water partition coefficient (Wildman–Crippen LogP) is 3.70. The lowest BCUT2D eigenvalue weighted by molar-refractivity contribution is 0.194. The standard InChI is InChI=1S/C14H14BrNO3/c1-9(17)11-4-3-7-16-14(11)19-13-6-5-10(18-2)8-12(13)15/h3-9,17H,1-2H3. The van der Waals surface area contributed by atoms with Crippen LogP contribution in [-0.2, 0) is 0 Å². The molecule has 1 unspecified atom stereocenters. The molecule has 0 bridgehead atoms. The van der Waals surface area contributed by atoms with Gasteiger partial charge in [-0.2, -0.15) is 0 Å². The van der Waals surface area contributed by atoms with Crippen LogP contribution >= 0.6 is 15.9 Å². The summed E-state index contributed by atoms with van der Waals surface area (Å²) in [4.78, 5) is 4.14. The molecule has 0 aliphatic carbocycles. The zero-order chi connectivity index (χ0) is 13.8. The molecule has 2 aromatic rings. The second-order valence-corrected chi connectivity index (χ2v) is 4.83. The zero-order valence-corrected chi connectivity index (χ0v) is 12.2. The third-order valence-electron chi connectivity index (χ3n) is 2.60. The van der Waals surface area contributed by atoms with Crippen LogP contribution < -0.4 is 9.47 Å². The van der Waals surface area contributed by atoms with Crippen molar-refractivity contribution in [3.8, 4) is 17.4 Å². The van der Waals surface area contributed by atoms with Crippen molar-refractivity contribution in [2.75, 3.05) is 7.11 Å². The van der Waals surface area contributed by atoms with E-state index in [1.165, 1.54) is 0 Å². The van der Waals surface area contributed by atoms with Gasteiger partial charge in [0.05, 0.1) is 17.7 Å². The number of aliphatic hydroxyl groups excluding tert-OH is 1. The molecule has 1 heterocycles. The van der Waals surface area contributed by atoms with E-state index in [-0.39, 0.29) is 0 Å². The van der Waals surface area contributed by atoms with Crippen LogP contribution in [0, 0.1) is 0 Å². The van der Waals surface area contributed by atoms with Crippen molar-refractivity contribution in [1.82, 2.24) is 4.98 Å². The van der Waals surface area contributed by atoms with E-state index in [2.05, 4.69) is 20.9 Å². The molecule has 1 atom stereocenters. The van der Waals surface area contributed by atoms with E-state index in [0.717, 1.165) is 10.2 Å². The van der Waals surface area contributed by atoms with Crippen molar-refractivity contribution in [3.63, 3.8) is 0 Å². The second kappa shape index (κ2) is 6.04. The molecule has 4 nitrogen and oxygen atoms in total. The monoisotopic (exact) mass is 323 g/mol. The van der Waals surface area contributed by atoms with Gasteiger partial charge in [0.1, 0.15) is 11.5 Å². The van der Waals surface area contributed by atoms with E-state index in [0.29, 0.717) is 17.2 Å². The number of benzene rings is 1. The van der Waals surface area contributed by atoms with Crippen LogP contribution in [0.25, 0.3) is 0 Å². The smallest absolute Gasteiger partial charge is 0.225 e. The van der Waals surface area contributed by atoms with Gasteiger partial charge in [0.25, 0.3) is 0 Å². The first kappa shape index (κ1) is 13.8. The Kier molecular flexibility index (Phi) is 4.39. The summed E-state index contributed by atoms with van der Waals surface area (Å²) in [6, 6.07) is 8.93. The van der Waals surface area contributed by atoms with Crippen LogP contribution in [0.15, 0.2) is 41.0 Å². The van der Waals surface area contributed by atoms with Gasteiger partial charge in [-0.25, -0.2) is 4.98 Å². The second-order valence-electron chi connectivity index (χ2n) is 3.97. The summed E-state index contributed by atoms with van der Waals surface area (Å²) in [6.45, 7) is 1.67. The molecule has 2 rings (SSSR count). The number of halogens is 1. The van der Waals surface area contributed by atoms with Gasteiger partial charge in [-0.05, 0) is 53.2 Å². The lowest BCUT2D eigenvalue weighted by atomic mass is 10.2. The van der Waals surface area contributed by atoms with E-state index in [4.69, 9.17) is 9.47 Å². The molecule has 19 heavy (non-hydrogen) atoms. The van der Waals surface area contributed by atoms with Crippen LogP contribution in [0.3, 0.4) is 0 Å². The van der Waals surface area contributed by atoms with Gasteiger partial charge >= 0.3 is 0 Å². The van der Waals surface area contributed by atoms with Gasteiger partial charge in [-0.1, -0.05) is 0 Å². The Labute approximate surface area is 120 Å². The maximum atomic E-state index is 9.68. The molecule has 1 N–H and O–H groups in total. The normalized spacial score (nSPS) is 12.0. The fourth-order valence-electron chi connectivity index (χ4n) is 1.60. The summed E-state index contributed by atoms with van der Waals surface area (Å²) in [5.41, 5.74) is 0.644. The first-order valence-electron chi connectivity index (χ1n) is 5.76. The molecule has 0 aliphatic heterocycles. The molecule has 0 spiro atoms. The minimum Gasteiger partial charge on any atom is -0.497 e. The van der Waals surface area contributed by atoms with Gasteiger partial charge < -0.3 is 14.6 Å². The third kappa shape index (κ3) is 3.24. The average molecular weight is 324 g/mol. The number of rotatable bonds is 4. The molecule has 5 heteroatoms. The van der Waals surface area contributed by atoms with Crippen molar-refractivity contribution in [2.24, 2.45) is 0 Å². The summed E-state index contributed by atoms with van der Waals surface area (Å²) in [5, 5.41) is 9.68. The van der Waals surface area contributed by atoms with Crippen LogP contribution in [0.2, 0.25) is 0 Å². The van der Waals surface area contributed by atoms with Gasteiger partial charge in [0.15, 0.2) is 0 Å². The molecule has 0 saturated heterocycles. The lowest BCUT2D eigenvalue weighted by Gasteiger charge is -2.13. The van der Waals surface area contributed by atoms with Crippen molar-refractivity contribution in [1.29, 1.82) is 0 Å². The summed E-state index contributed by atoms with van der Waals surface area (Å²) < 4.78 is 11.6. The quantitative estimate of drug-likeness (QED) is 0.932. The molecule has 0 fully saturated rings. The Balaban J connectivity index is 2.31. The van der Waals surface area contributed by atoms with Gasteiger partial charge in [0.2, 0.25) is 5.88 Å². The minimum atomic E-state index is -0.638. The Morgan fingerprint density at radius 2 is 2.11 bits per heavy atom. The van der Waals surface area contributed by atoms with Crippen molar-refractivity contribution < 1.29 is 14.6 Å². The summed E-state index contributed by atoms with van der Waals surface area (Å²) in [7, 11) is 1.60. The van der Waals surface area contributed by atoms with Crippen LogP contribution in [-0.4, -0.2) is 17.2 Å². The van der Waals surface area contributed by atoms with E-state index in [1.807, 2.05) is 0 Å². The Bertz CT molecular complexity index is 572. The number of aliphatic hydroxyl groups is 1. The van der Waals surface area contributed by atoms with Crippen molar-refractivity contribution >= 4 is 15.9 Å². The summed E-state index contributed by atoms with van der Waals surface area (Å²) in [5.74, 6) is 1.74. The van der Waals surface area contributed by atoms with E-state index >= 15 is 0 Å². The first-order chi connectivity index (χ1) is 9.11. The molecule has 0 radical (unpaired) electrons. The third-order valence-corrected chi connectivity index (χ3v) is 3.22. The molecule has 0 saturated carbocycles. The number of hydrogen-bond acceptors (Lipinski definition) is 4. The largest absolute Gasteiger partial charge is 0.497 e. The molecular formula is C14H14BrNO3. The number of methoxy groups -OCH3 is 1. The average Bonchev–Trinajstić information content (AvgIpc) is 2.41. The summed E-state index contributed by atoms with van der Waals surface area (Å²) in [6.07, 6.45) is 0.985. The summed E-state index contributed by atoms with van der Waals surface area (Å²) >= 11 is 3.41. The van der Waals surface area contributed by atoms with E-state index in [1.54, 1.807) is 50.6 Å². The SMILES string of the molecule is COc1ccc(Oc2ncccc2C(C)O)c(Br)c1. The van der Waals surface area contributed by atoms with Crippen molar-refractivity contribution in [2.45, 2.75) is 13.0 Å². The molecule has 0 aliphatic rings. The van der Waals surface area contributed by atoms with E-state index < -0.39 is 6.10 Å². The Morgan fingerprint density at radius 3 is 2.74 bits per heavy atom. The van der Waals surface area contributed by atoms with Crippen LogP contribution in [0.1, 0.15) is 18.6 Å². The lowest BCUT2D eigenvalue weighted by Crippen LogP contribution is -1.98. The van der Waals surface area contributed by atoms with Crippen LogP contribution in [0.4, 0.5) is 0 Å². The van der Waals surface area contributed by atoms with Gasteiger partial charge in [0, 0.05) is 11.8 Å². The zero-order valence-electron chi connectivity index (χ0n) is 10.6. The predicted molar refractivity (Wildman–Crippen MR) is 75.6 cm³/mol. The minimum absolute atomic E-state index is 0.392. The molecule has 1 aromatic heterocycles. The topological polar surface area (TPSA) is 51.6 Å². The highest BCUT2D eigenvalue weighted by atomic mass is 79.9. The van der Waals surface area contributed by atoms with E-state index in [9.17, 15) is 5.11 Å². The number of aromatic nitrogens is 1. The maximum absolute atomic E-state index is 9.68. The number of hydrogen-bond donors (Lipinski definition) is 1. The Hall–Kier alpha value is -1.59. The van der Waals surface area contributed by atoms with Crippen molar-refractivity contribution in [3.05, 3.63) is 46.6 Å². The highest BCUT2D eigenvalue weighted by molar-refractivity contribution is 9.10. The molecule has 0 amide bonds. The number of pyridine rings is 1. The van der Waals surface area contributed by atoms with Crippen LogP contribution in [0.5, 0.6) is 17.4 Å².